The van der Waals surface area contributed by atoms with E-state index in [4.69, 9.17) is 28.0 Å². The van der Waals surface area contributed by atoms with Crippen molar-refractivity contribution >= 4 is 31.4 Å². The van der Waals surface area contributed by atoms with Gasteiger partial charge in [-0.25, -0.2) is 4.98 Å². The van der Waals surface area contributed by atoms with E-state index >= 15 is 0 Å². The molecule has 0 saturated carbocycles. The number of ether oxygens (including phenoxy) is 4. The van der Waals surface area contributed by atoms with Gasteiger partial charge in [-0.3, -0.25) is 24.5 Å². The summed E-state index contributed by atoms with van der Waals surface area (Å²) in [5, 5.41) is 12.1. The summed E-state index contributed by atoms with van der Waals surface area (Å²) in [4.78, 5) is 37.7. The average Bonchev–Trinajstić information content (AvgIpc) is 3.85. The minimum atomic E-state index is -1.55. The van der Waals surface area contributed by atoms with Crippen molar-refractivity contribution in [2.45, 2.75) is 84.1 Å². The van der Waals surface area contributed by atoms with Gasteiger partial charge in [-0.05, 0) is 52.8 Å². The van der Waals surface area contributed by atoms with E-state index in [0.717, 1.165) is 16.7 Å². The quantitative estimate of drug-likeness (QED) is 0.0465. The number of imidazole rings is 1. The lowest BCUT2D eigenvalue weighted by Gasteiger charge is -2.37. The maximum absolute atomic E-state index is 13.3. The number of H-pyrrole nitrogens is 1. The number of benzene rings is 3. The normalized spacial score (nSPS) is 17.4. The smallest absolute Gasteiger partial charge is 0.280 e. The summed E-state index contributed by atoms with van der Waals surface area (Å²) >= 11 is 0. The summed E-state index contributed by atoms with van der Waals surface area (Å²) < 4.78 is 40.4. The molecule has 14 nitrogen and oxygen atoms in total. The molecular weight excluding hydrogens is 784 g/mol. The lowest BCUT2D eigenvalue weighted by molar-refractivity contribution is -0.118. The fourth-order valence-corrected chi connectivity index (χ4v) is 9.72. The van der Waals surface area contributed by atoms with Gasteiger partial charge in [-0.1, -0.05) is 96.1 Å². The number of fused-ring (bicyclic) bond motifs is 1. The van der Waals surface area contributed by atoms with Crippen LogP contribution in [-0.4, -0.2) is 70.7 Å². The number of hydrogen-bond acceptors (Lipinski definition) is 11. The van der Waals surface area contributed by atoms with Crippen molar-refractivity contribution in [1.82, 2.24) is 19.5 Å². The molecule has 2 aromatic heterocycles. The first-order chi connectivity index (χ1) is 28.9. The molecule has 1 fully saturated rings. The van der Waals surface area contributed by atoms with Gasteiger partial charge in [-0.2, -0.15) is 10.2 Å². The largest absolute Gasteiger partial charge is 0.497 e. The van der Waals surface area contributed by atoms with E-state index in [1.54, 1.807) is 32.6 Å². The highest BCUT2D eigenvalue weighted by atomic mass is 31.2. The van der Waals surface area contributed by atoms with Gasteiger partial charge in [0, 0.05) is 18.0 Å². The van der Waals surface area contributed by atoms with Crippen molar-refractivity contribution in [3.8, 4) is 17.6 Å². The summed E-state index contributed by atoms with van der Waals surface area (Å²) in [7, 11) is 1.72. The summed E-state index contributed by atoms with van der Waals surface area (Å²) in [6.07, 6.45) is 0.121. The van der Waals surface area contributed by atoms with Crippen molar-refractivity contribution in [2.24, 2.45) is 17.8 Å². The molecule has 1 saturated heterocycles. The van der Waals surface area contributed by atoms with Gasteiger partial charge in [-0.15, -0.1) is 0 Å². The molecule has 60 heavy (non-hydrogen) atoms. The van der Waals surface area contributed by atoms with Gasteiger partial charge >= 0.3 is 0 Å². The first kappa shape index (κ1) is 44.4. The molecule has 0 bridgehead atoms. The number of aromatic amines is 1. The summed E-state index contributed by atoms with van der Waals surface area (Å²) in [5.74, 6) is 1.18. The highest BCUT2D eigenvalue weighted by Gasteiger charge is 2.45. The minimum Gasteiger partial charge on any atom is -0.497 e. The molecule has 1 aliphatic rings. The standard InChI is InChI=1S/C45H55N6O8P/c1-28(2)39(29(3)4)60(57-24-12-23-46)59-37-25-36(58-43(37)51-27-47-38-40(51)48-44(50-42(38)53)49-41(52)30(5)6)26-56-45(31-13-10-9-11-14-31,32-15-19-34(54-7)20-16-32)33-17-21-35(55-8)22-18-33/h9-11,13-22,27-30,36-37,39,43H,12,24-26H2,1-8H3,(H2,48,49,50,52,53)/t36-,37-,43+,60?/m0/s1. The van der Waals surface area contributed by atoms with Crippen LogP contribution in [0.4, 0.5) is 5.95 Å². The lowest BCUT2D eigenvalue weighted by Crippen LogP contribution is -2.35. The molecule has 318 valence electrons. The summed E-state index contributed by atoms with van der Waals surface area (Å²) in [6, 6.07) is 27.9. The number of methoxy groups -OCH3 is 2. The Morgan fingerprint density at radius 1 is 0.950 bits per heavy atom. The van der Waals surface area contributed by atoms with Crippen molar-refractivity contribution in [1.29, 1.82) is 5.26 Å². The van der Waals surface area contributed by atoms with E-state index in [1.807, 2.05) is 78.9 Å². The van der Waals surface area contributed by atoms with Crippen LogP contribution in [-0.2, 0) is 28.9 Å². The van der Waals surface area contributed by atoms with Crippen LogP contribution >= 0.6 is 8.38 Å². The molecule has 3 aromatic carbocycles. The van der Waals surface area contributed by atoms with Crippen molar-refractivity contribution in [3.63, 3.8) is 0 Å². The zero-order valence-electron chi connectivity index (χ0n) is 35.5. The number of nitrogens with one attached hydrogen (secondary N) is 2. The first-order valence-corrected chi connectivity index (χ1v) is 21.5. The van der Waals surface area contributed by atoms with E-state index in [-0.39, 0.29) is 66.1 Å². The Labute approximate surface area is 352 Å². The number of anilines is 1. The van der Waals surface area contributed by atoms with Gasteiger partial charge in [0.25, 0.3) is 5.56 Å². The van der Waals surface area contributed by atoms with Crippen LogP contribution in [0.2, 0.25) is 0 Å². The van der Waals surface area contributed by atoms with E-state index in [0.29, 0.717) is 17.9 Å². The second-order valence-corrected chi connectivity index (χ2v) is 17.4. The Kier molecular flexibility index (Phi) is 14.7. The zero-order chi connectivity index (χ0) is 43.0. The molecule has 0 radical (unpaired) electrons. The van der Waals surface area contributed by atoms with Crippen LogP contribution in [0.5, 0.6) is 11.5 Å². The number of hydrogen-bond donors (Lipinski definition) is 2. The number of nitriles is 1. The maximum Gasteiger partial charge on any atom is 0.280 e. The molecule has 15 heteroatoms. The van der Waals surface area contributed by atoms with Crippen LogP contribution in [0, 0.1) is 29.1 Å². The van der Waals surface area contributed by atoms with Gasteiger partial charge in [0.2, 0.25) is 11.9 Å². The third-order valence-corrected chi connectivity index (χ3v) is 13.2. The molecule has 4 atom stereocenters. The Morgan fingerprint density at radius 3 is 2.10 bits per heavy atom. The monoisotopic (exact) mass is 838 g/mol. The van der Waals surface area contributed by atoms with Crippen LogP contribution in [0.3, 0.4) is 0 Å². The average molecular weight is 839 g/mol. The molecule has 5 aromatic rings. The fraction of sp³-hybridized carbons (Fsp3) is 0.444. The Balaban J connectivity index is 1.43. The minimum absolute atomic E-state index is 0.00306. The van der Waals surface area contributed by atoms with E-state index < -0.39 is 38.0 Å². The van der Waals surface area contributed by atoms with Crippen LogP contribution in [0.15, 0.2) is 90.0 Å². The van der Waals surface area contributed by atoms with Crippen molar-refractivity contribution < 1.29 is 32.8 Å². The van der Waals surface area contributed by atoms with Gasteiger partial charge < -0.3 is 28.0 Å². The number of carbonyl (C=O) groups excluding carboxylic acids is 1. The summed E-state index contributed by atoms with van der Waals surface area (Å²) in [6.45, 7) is 12.4. The molecule has 3 heterocycles. The van der Waals surface area contributed by atoms with Crippen molar-refractivity contribution in [2.75, 3.05) is 32.8 Å². The fourth-order valence-electron chi connectivity index (χ4n) is 7.65. The summed E-state index contributed by atoms with van der Waals surface area (Å²) in [5.41, 5.74) is 1.34. The molecule has 1 amide bonds. The molecular formula is C45H55N6O8P. The molecule has 0 aliphatic carbocycles. The third-order valence-electron chi connectivity index (χ3n) is 10.6. The SMILES string of the molecule is COc1ccc(C(OC[C@@H]2C[C@H](OP(OCCC#N)C(C(C)C)C(C)C)[C@H](n3cnc4c(=O)[nH]c(NC(=O)C(C)C)nc43)O2)(c2ccccc2)c2ccc(OC)cc2)cc1. The second-order valence-electron chi connectivity index (χ2n) is 15.7. The highest BCUT2D eigenvalue weighted by molar-refractivity contribution is 7.48. The first-order valence-electron chi connectivity index (χ1n) is 20.3. The number of rotatable bonds is 19. The predicted octanol–water partition coefficient (Wildman–Crippen LogP) is 8.34. The molecule has 2 N–H and O–H groups in total. The van der Waals surface area contributed by atoms with E-state index in [2.05, 4.69) is 54.0 Å². The van der Waals surface area contributed by atoms with Gasteiger partial charge in [0.1, 0.15) is 23.2 Å². The van der Waals surface area contributed by atoms with Crippen molar-refractivity contribution in [3.05, 3.63) is 112 Å². The topological polar surface area (TPSA) is 172 Å². The highest BCUT2D eigenvalue weighted by Crippen LogP contribution is 2.54. The Morgan fingerprint density at radius 2 is 1.55 bits per heavy atom. The van der Waals surface area contributed by atoms with Crippen LogP contribution < -0.4 is 20.3 Å². The third kappa shape index (κ3) is 9.72. The lowest BCUT2D eigenvalue weighted by atomic mass is 9.80. The number of aromatic nitrogens is 4. The molecule has 6 rings (SSSR count). The number of carbonyl (C=O) groups is 1. The number of nitrogens with zero attached hydrogens (tertiary/aromatic N) is 4. The van der Waals surface area contributed by atoms with Crippen LogP contribution in [0.1, 0.15) is 77.3 Å². The Hall–Kier alpha value is -5.16. The molecule has 1 unspecified atom stereocenters. The zero-order valence-corrected chi connectivity index (χ0v) is 36.3. The molecule has 0 spiro atoms. The second kappa shape index (κ2) is 19.9. The molecule has 1 aliphatic heterocycles. The van der Waals surface area contributed by atoms with Gasteiger partial charge in [0.15, 0.2) is 25.8 Å². The van der Waals surface area contributed by atoms with E-state index in [1.165, 1.54) is 6.33 Å². The van der Waals surface area contributed by atoms with E-state index in [9.17, 15) is 14.9 Å². The predicted molar refractivity (Wildman–Crippen MR) is 230 cm³/mol. The van der Waals surface area contributed by atoms with Crippen LogP contribution in [0.25, 0.3) is 11.2 Å². The maximum atomic E-state index is 13.3. The van der Waals surface area contributed by atoms with Gasteiger partial charge in [0.05, 0.1) is 52.4 Å². The number of amides is 1. The Bertz CT molecular complexity index is 2220.